The van der Waals surface area contributed by atoms with Crippen LogP contribution in [-0.4, -0.2) is 88.8 Å². The highest BCUT2D eigenvalue weighted by atomic mass is 28.3. The van der Waals surface area contributed by atoms with Gasteiger partial charge < -0.3 is 24.8 Å². The van der Waals surface area contributed by atoms with Gasteiger partial charge in [-0.1, -0.05) is 26.6 Å². The van der Waals surface area contributed by atoms with E-state index in [-0.39, 0.29) is 67.0 Å². The number of piperidine rings is 1. The number of aliphatic hydroxyl groups is 1. The molecule has 4 rings (SSSR count). The minimum Gasteiger partial charge on any atom is -0.481 e. The molecule has 0 bridgehead atoms. The molecule has 0 radical (unpaired) electrons. The Kier molecular flexibility index (Phi) is 10.9. The van der Waals surface area contributed by atoms with Gasteiger partial charge in [0.05, 0.1) is 19.0 Å². The third-order valence-corrected chi connectivity index (χ3v) is 10.8. The molecule has 3 atom stereocenters. The number of carbonyl (C=O) groups is 2. The van der Waals surface area contributed by atoms with Crippen molar-refractivity contribution < 1.29 is 41.7 Å². The van der Waals surface area contributed by atoms with Crippen LogP contribution >= 0.6 is 0 Å². The molecule has 2 amide bonds. The number of hydrogen-bond acceptors (Lipinski definition) is 7. The summed E-state index contributed by atoms with van der Waals surface area (Å²) in [6, 6.07) is 3.06. The predicted octanol–water partition coefficient (Wildman–Crippen LogP) is 5.24. The molecule has 256 valence electrons. The number of nitrogens with one attached hydrogen (secondary N) is 1. The van der Waals surface area contributed by atoms with Crippen LogP contribution in [0.2, 0.25) is 25.7 Å². The lowest BCUT2D eigenvalue weighted by Crippen LogP contribution is -2.54. The molecule has 1 saturated heterocycles. The summed E-state index contributed by atoms with van der Waals surface area (Å²) in [5.41, 5.74) is -2.14. The standard InChI is InChI=1S/C31H45F4N5O5Si/c1-19-17-39(20(2)13-22(19)28(41)37-21-7-9-30(43,10-8-21)31(33,34)35)29(42)25-15-26(23-14-27(44-3)36-16-24(23)32)40(38-25)18-45-11-12-46(4,5)6/h14-16,19-22,43H,7-13,17-18H2,1-6H3,(H,37,41)/t19?,20?,21-,22?,30-. The van der Waals surface area contributed by atoms with E-state index in [1.807, 2.05) is 13.8 Å². The van der Waals surface area contributed by atoms with Crippen LogP contribution in [0.4, 0.5) is 17.6 Å². The number of ether oxygens (including phenoxy) is 2. The van der Waals surface area contributed by atoms with Gasteiger partial charge in [0, 0.05) is 50.9 Å². The van der Waals surface area contributed by atoms with E-state index < -0.39 is 50.5 Å². The maximum absolute atomic E-state index is 15.0. The van der Waals surface area contributed by atoms with Crippen molar-refractivity contribution in [2.75, 3.05) is 20.3 Å². The van der Waals surface area contributed by atoms with E-state index in [0.29, 0.717) is 18.7 Å². The zero-order valence-corrected chi connectivity index (χ0v) is 28.3. The van der Waals surface area contributed by atoms with Crippen molar-refractivity contribution in [2.24, 2.45) is 11.8 Å². The number of nitrogens with zero attached hydrogens (tertiary/aromatic N) is 4. The largest absolute Gasteiger partial charge is 0.481 e. The average Bonchev–Trinajstić information content (AvgIpc) is 3.40. The molecule has 46 heavy (non-hydrogen) atoms. The number of alkyl halides is 3. The molecule has 15 heteroatoms. The summed E-state index contributed by atoms with van der Waals surface area (Å²) in [7, 11) is 0.0584. The summed E-state index contributed by atoms with van der Waals surface area (Å²) in [6.45, 7) is 11.1. The fourth-order valence-corrected chi connectivity index (χ4v) is 6.82. The lowest BCUT2D eigenvalue weighted by Gasteiger charge is -2.42. The van der Waals surface area contributed by atoms with E-state index in [1.54, 1.807) is 4.90 Å². The molecule has 1 aliphatic heterocycles. The Balaban J connectivity index is 1.46. The number of rotatable bonds is 10. The van der Waals surface area contributed by atoms with Gasteiger partial charge in [0.1, 0.15) is 6.73 Å². The second kappa shape index (κ2) is 14.0. The lowest BCUT2D eigenvalue weighted by atomic mass is 9.80. The highest BCUT2D eigenvalue weighted by Gasteiger charge is 2.54. The Bertz CT molecular complexity index is 1390. The predicted molar refractivity (Wildman–Crippen MR) is 165 cm³/mol. The maximum atomic E-state index is 15.0. The molecular weight excluding hydrogens is 626 g/mol. The molecule has 0 aromatic carbocycles. The highest BCUT2D eigenvalue weighted by molar-refractivity contribution is 6.76. The van der Waals surface area contributed by atoms with Crippen molar-refractivity contribution in [1.29, 1.82) is 0 Å². The van der Waals surface area contributed by atoms with E-state index in [2.05, 4.69) is 35.0 Å². The lowest BCUT2D eigenvalue weighted by molar-refractivity contribution is -0.270. The molecule has 1 aliphatic carbocycles. The van der Waals surface area contributed by atoms with Crippen molar-refractivity contribution in [3.05, 3.63) is 29.8 Å². The van der Waals surface area contributed by atoms with Crippen LogP contribution in [0.3, 0.4) is 0 Å². The Morgan fingerprint density at radius 1 is 1.17 bits per heavy atom. The molecule has 2 aliphatic rings. The molecule has 3 heterocycles. The first-order chi connectivity index (χ1) is 21.4. The van der Waals surface area contributed by atoms with Gasteiger partial charge in [-0.2, -0.15) is 18.3 Å². The molecular formula is C31H45F4N5O5Si. The second-order valence-electron chi connectivity index (χ2n) is 13.9. The van der Waals surface area contributed by atoms with Gasteiger partial charge in [0.25, 0.3) is 5.91 Å². The molecule has 10 nitrogen and oxygen atoms in total. The van der Waals surface area contributed by atoms with Crippen molar-refractivity contribution >= 4 is 19.9 Å². The zero-order chi connectivity index (χ0) is 34.0. The fraction of sp³-hybridized carbons (Fsp3) is 0.677. The van der Waals surface area contributed by atoms with Crippen LogP contribution in [0.5, 0.6) is 5.88 Å². The topological polar surface area (TPSA) is 119 Å². The molecule has 2 aromatic rings. The van der Waals surface area contributed by atoms with Crippen LogP contribution in [0.1, 0.15) is 56.4 Å². The number of methoxy groups -OCH3 is 1. The fourth-order valence-electron chi connectivity index (χ4n) is 6.06. The summed E-state index contributed by atoms with van der Waals surface area (Å²) < 4.78 is 67.1. The molecule has 2 N–H and O–H groups in total. The van der Waals surface area contributed by atoms with Crippen LogP contribution < -0.4 is 10.1 Å². The molecule has 3 unspecified atom stereocenters. The monoisotopic (exact) mass is 671 g/mol. The van der Waals surface area contributed by atoms with Crippen LogP contribution in [0, 0.1) is 17.7 Å². The number of hydrogen-bond donors (Lipinski definition) is 2. The smallest absolute Gasteiger partial charge is 0.417 e. The minimum absolute atomic E-state index is 0.00686. The third kappa shape index (κ3) is 8.26. The maximum Gasteiger partial charge on any atom is 0.417 e. The van der Waals surface area contributed by atoms with E-state index in [9.17, 15) is 32.3 Å². The van der Waals surface area contributed by atoms with Gasteiger partial charge in [-0.25, -0.2) is 14.1 Å². The van der Waals surface area contributed by atoms with Crippen molar-refractivity contribution in [3.8, 4) is 17.1 Å². The summed E-state index contributed by atoms with van der Waals surface area (Å²) in [5.74, 6) is -1.75. The molecule has 2 aromatic heterocycles. The van der Waals surface area contributed by atoms with E-state index in [0.717, 1.165) is 12.2 Å². The Morgan fingerprint density at radius 2 is 1.85 bits per heavy atom. The molecule has 1 saturated carbocycles. The Morgan fingerprint density at radius 3 is 2.46 bits per heavy atom. The van der Waals surface area contributed by atoms with Gasteiger partial charge in [0.15, 0.2) is 17.1 Å². The van der Waals surface area contributed by atoms with Crippen molar-refractivity contribution in [3.63, 3.8) is 0 Å². The number of carbonyl (C=O) groups excluding carboxylic acids is 2. The van der Waals surface area contributed by atoms with Crippen molar-refractivity contribution in [2.45, 2.75) is 102 Å². The first-order valence-electron chi connectivity index (χ1n) is 15.7. The zero-order valence-electron chi connectivity index (χ0n) is 27.3. The number of likely N-dealkylation sites (tertiary alicyclic amines) is 1. The van der Waals surface area contributed by atoms with Gasteiger partial charge in [0.2, 0.25) is 11.8 Å². The number of pyridine rings is 1. The molecule has 0 spiro atoms. The van der Waals surface area contributed by atoms with Gasteiger partial charge in [-0.15, -0.1) is 0 Å². The first kappa shape index (κ1) is 35.8. The third-order valence-electron chi connectivity index (χ3n) is 9.11. The second-order valence-corrected chi connectivity index (χ2v) is 19.5. The van der Waals surface area contributed by atoms with E-state index in [4.69, 9.17) is 9.47 Å². The average molecular weight is 672 g/mol. The SMILES string of the molecule is COc1cc(-c2cc(C(=O)N3CC(C)C(C(=O)N[C@H]4CC[C@@](O)(C(F)(F)F)CC4)CC3C)nn2COCC[Si](C)(C)C)c(F)cn1. The normalized spacial score (nSPS) is 25.8. The number of aromatic nitrogens is 3. The Hall–Kier alpha value is -3.04. The van der Waals surface area contributed by atoms with Crippen molar-refractivity contribution in [1.82, 2.24) is 25.0 Å². The summed E-state index contributed by atoms with van der Waals surface area (Å²) in [4.78, 5) is 32.6. The van der Waals surface area contributed by atoms with E-state index >= 15 is 0 Å². The van der Waals surface area contributed by atoms with Crippen LogP contribution in [0.15, 0.2) is 18.3 Å². The van der Waals surface area contributed by atoms with Gasteiger partial charge in [-0.3, -0.25) is 9.59 Å². The van der Waals surface area contributed by atoms with Gasteiger partial charge in [-0.05, 0) is 57.1 Å². The van der Waals surface area contributed by atoms with Crippen LogP contribution in [-0.2, 0) is 16.3 Å². The summed E-state index contributed by atoms with van der Waals surface area (Å²) in [5, 5.41) is 17.3. The summed E-state index contributed by atoms with van der Waals surface area (Å²) >= 11 is 0. The van der Waals surface area contributed by atoms with E-state index in [1.165, 1.54) is 23.9 Å². The van der Waals surface area contributed by atoms with Crippen LogP contribution in [0.25, 0.3) is 11.3 Å². The quantitative estimate of drug-likeness (QED) is 0.201. The first-order valence-corrected chi connectivity index (χ1v) is 19.4. The number of amides is 2. The minimum atomic E-state index is -4.71. The Labute approximate surface area is 267 Å². The van der Waals surface area contributed by atoms with Gasteiger partial charge >= 0.3 is 6.18 Å². The molecule has 2 fully saturated rings. The highest BCUT2D eigenvalue weighted by Crippen LogP contribution is 2.41. The summed E-state index contributed by atoms with van der Waals surface area (Å²) in [6.07, 6.45) is -4.19. The number of halogens is 4.